The van der Waals surface area contributed by atoms with Gasteiger partial charge in [0.05, 0.1) is 25.2 Å². The number of rotatable bonds is 12. The van der Waals surface area contributed by atoms with E-state index in [4.69, 9.17) is 0 Å². The number of nitrogens with one attached hydrogen (secondary N) is 3. The molecule has 4 atom stereocenters. The third kappa shape index (κ3) is 8.20. The third-order valence-electron chi connectivity index (χ3n) is 8.02. The number of amides is 2. The lowest BCUT2D eigenvalue weighted by Gasteiger charge is -2.49. The highest BCUT2D eigenvalue weighted by molar-refractivity contribution is 7.99. The molecule has 8 heteroatoms. The van der Waals surface area contributed by atoms with Crippen LogP contribution in [0.1, 0.15) is 51.9 Å². The van der Waals surface area contributed by atoms with Crippen LogP contribution in [-0.4, -0.2) is 78.5 Å². The maximum atomic E-state index is 12.7. The van der Waals surface area contributed by atoms with Gasteiger partial charge in [0.25, 0.3) is 0 Å². The summed E-state index contributed by atoms with van der Waals surface area (Å²) in [5, 5.41) is 20.1. The van der Waals surface area contributed by atoms with Crippen LogP contribution in [-0.2, 0) is 9.59 Å². The van der Waals surface area contributed by atoms with E-state index in [2.05, 4.69) is 27.8 Å². The molecule has 2 aliphatic carbocycles. The molecule has 0 spiro atoms. The number of piperidine rings is 1. The molecule has 1 saturated heterocycles. The monoisotopic (exact) mass is 502 g/mol. The Morgan fingerprint density at radius 3 is 2.69 bits per heavy atom. The van der Waals surface area contributed by atoms with Crippen molar-refractivity contribution in [3.8, 4) is 0 Å². The number of hydrogen-bond donors (Lipinski definition) is 4. The summed E-state index contributed by atoms with van der Waals surface area (Å²) < 4.78 is 0. The molecular weight excluding hydrogens is 460 g/mol. The summed E-state index contributed by atoms with van der Waals surface area (Å²) in [6, 6.07) is 10.1. The molecule has 7 nitrogen and oxygen atoms in total. The number of aliphatic hydroxyl groups is 1. The van der Waals surface area contributed by atoms with Gasteiger partial charge in [0.2, 0.25) is 11.8 Å². The fraction of sp³-hybridized carbons (Fsp3) is 0.704. The zero-order valence-corrected chi connectivity index (χ0v) is 21.8. The maximum Gasteiger partial charge on any atom is 0.239 e. The summed E-state index contributed by atoms with van der Waals surface area (Å²) in [5.41, 5.74) is 0.447. The number of carbonyl (C=O) groups excluding carboxylic acids is 2. The summed E-state index contributed by atoms with van der Waals surface area (Å²) >= 11 is 1.63. The van der Waals surface area contributed by atoms with Crippen LogP contribution in [0.4, 0.5) is 0 Å². The van der Waals surface area contributed by atoms with Gasteiger partial charge in [0, 0.05) is 29.8 Å². The normalized spacial score (nSPS) is 26.4. The molecule has 0 radical (unpaired) electrons. The van der Waals surface area contributed by atoms with Gasteiger partial charge in [-0.25, -0.2) is 0 Å². The van der Waals surface area contributed by atoms with Crippen LogP contribution in [0.5, 0.6) is 0 Å². The van der Waals surface area contributed by atoms with Gasteiger partial charge in [0.15, 0.2) is 0 Å². The standard InChI is InChI=1S/C27H42N4O3S/c1-27-12-6-5-7-20(27)17-31(14-13-27)18-24(32)23(19-35-22-8-3-2-4-9-22)30-26(34)16-29-25(33)15-28-21-10-11-21/h2-4,8-9,20-21,23-24,28,32H,5-7,10-19H2,1H3,(H,29,33)(H,30,34)/t20-,23+,24-,27+/m1/s1. The Labute approximate surface area is 214 Å². The zero-order valence-electron chi connectivity index (χ0n) is 21.0. The molecule has 0 unspecified atom stereocenters. The van der Waals surface area contributed by atoms with Crippen molar-refractivity contribution >= 4 is 23.6 Å². The highest BCUT2D eigenvalue weighted by Crippen LogP contribution is 2.46. The fourth-order valence-corrected chi connectivity index (χ4v) is 6.49. The van der Waals surface area contributed by atoms with Crippen molar-refractivity contribution < 1.29 is 14.7 Å². The Bertz CT molecular complexity index is 837. The van der Waals surface area contributed by atoms with Gasteiger partial charge in [0.1, 0.15) is 0 Å². The molecule has 1 aromatic carbocycles. The number of aliphatic hydroxyl groups excluding tert-OH is 1. The van der Waals surface area contributed by atoms with Crippen molar-refractivity contribution in [3.63, 3.8) is 0 Å². The van der Waals surface area contributed by atoms with Crippen molar-refractivity contribution in [2.24, 2.45) is 11.3 Å². The topological polar surface area (TPSA) is 93.7 Å². The molecular formula is C27H42N4O3S. The van der Waals surface area contributed by atoms with Crippen LogP contribution < -0.4 is 16.0 Å². The second-order valence-corrected chi connectivity index (χ2v) is 12.0. The first kappa shape index (κ1) is 26.5. The summed E-state index contributed by atoms with van der Waals surface area (Å²) in [6.07, 6.45) is 7.99. The maximum absolute atomic E-state index is 12.7. The number of β-amino-alcohol motifs (C(OH)–C–C–N with tert-alkyl or cyclic N) is 1. The van der Waals surface area contributed by atoms with E-state index >= 15 is 0 Å². The van der Waals surface area contributed by atoms with Crippen LogP contribution in [0.25, 0.3) is 0 Å². The minimum atomic E-state index is -0.671. The van der Waals surface area contributed by atoms with Crippen molar-refractivity contribution in [3.05, 3.63) is 30.3 Å². The molecule has 3 fully saturated rings. The number of benzene rings is 1. The fourth-order valence-electron chi connectivity index (χ4n) is 5.46. The lowest BCUT2D eigenvalue weighted by molar-refractivity contribution is -0.126. The zero-order chi connectivity index (χ0) is 24.7. The van der Waals surface area contributed by atoms with Crippen molar-refractivity contribution in [1.82, 2.24) is 20.9 Å². The van der Waals surface area contributed by atoms with Crippen LogP contribution in [0.3, 0.4) is 0 Å². The van der Waals surface area contributed by atoms with Crippen LogP contribution in [0.15, 0.2) is 35.2 Å². The lowest BCUT2D eigenvalue weighted by Crippen LogP contribution is -2.55. The predicted molar refractivity (Wildman–Crippen MR) is 140 cm³/mol. The minimum Gasteiger partial charge on any atom is -0.390 e. The highest BCUT2D eigenvalue weighted by atomic mass is 32.2. The first-order valence-electron chi connectivity index (χ1n) is 13.3. The molecule has 2 saturated carbocycles. The molecule has 4 rings (SSSR count). The second kappa shape index (κ2) is 12.6. The van der Waals surface area contributed by atoms with Gasteiger partial charge < -0.3 is 26.0 Å². The molecule has 0 bridgehead atoms. The first-order valence-corrected chi connectivity index (χ1v) is 14.3. The summed E-state index contributed by atoms with van der Waals surface area (Å²) in [4.78, 5) is 28.2. The van der Waals surface area contributed by atoms with Crippen LogP contribution in [0.2, 0.25) is 0 Å². The molecule has 1 aromatic rings. The SMILES string of the molecule is C[C@@]12CCCC[C@@H]1CN(C[C@@H](O)[C@H](CSc1ccccc1)NC(=O)CNC(=O)CNC1CC1)CC2. The van der Waals surface area contributed by atoms with Crippen LogP contribution in [0, 0.1) is 11.3 Å². The molecule has 35 heavy (non-hydrogen) atoms. The summed E-state index contributed by atoms with van der Waals surface area (Å²) in [7, 11) is 0. The largest absolute Gasteiger partial charge is 0.390 e. The van der Waals surface area contributed by atoms with Crippen molar-refractivity contribution in [2.45, 2.75) is 75.0 Å². The van der Waals surface area contributed by atoms with Gasteiger partial charge in [-0.05, 0) is 62.1 Å². The molecule has 1 aliphatic heterocycles. The smallest absolute Gasteiger partial charge is 0.239 e. The molecule has 0 aromatic heterocycles. The number of thioether (sulfide) groups is 1. The van der Waals surface area contributed by atoms with Gasteiger partial charge in [-0.1, -0.05) is 38.0 Å². The Balaban J connectivity index is 1.29. The van der Waals surface area contributed by atoms with Crippen LogP contribution >= 0.6 is 11.8 Å². The Hall–Kier alpha value is -1.61. The van der Waals surface area contributed by atoms with E-state index in [-0.39, 0.29) is 24.9 Å². The summed E-state index contributed by atoms with van der Waals surface area (Å²) in [5.74, 6) is 0.833. The Kier molecular flexibility index (Phi) is 9.50. The molecule has 3 aliphatic rings. The van der Waals surface area contributed by atoms with Gasteiger partial charge in [-0.2, -0.15) is 0 Å². The highest BCUT2D eigenvalue weighted by Gasteiger charge is 2.41. The minimum absolute atomic E-state index is 0.0749. The predicted octanol–water partition coefficient (Wildman–Crippen LogP) is 2.39. The molecule has 1 heterocycles. The second-order valence-electron chi connectivity index (χ2n) is 10.9. The number of hydrogen-bond acceptors (Lipinski definition) is 6. The van der Waals surface area contributed by atoms with E-state index < -0.39 is 12.1 Å². The molecule has 194 valence electrons. The Morgan fingerprint density at radius 2 is 1.91 bits per heavy atom. The van der Waals surface area contributed by atoms with Crippen molar-refractivity contribution in [2.75, 3.05) is 38.5 Å². The average molecular weight is 503 g/mol. The Morgan fingerprint density at radius 1 is 1.11 bits per heavy atom. The molecule has 4 N–H and O–H groups in total. The first-order chi connectivity index (χ1) is 16.9. The van der Waals surface area contributed by atoms with E-state index in [1.54, 1.807) is 11.8 Å². The van der Waals surface area contributed by atoms with E-state index in [9.17, 15) is 14.7 Å². The molecule has 2 amide bonds. The number of likely N-dealkylation sites (tertiary alicyclic amines) is 1. The number of carbonyl (C=O) groups is 2. The van der Waals surface area contributed by atoms with Gasteiger partial charge in [-0.15, -0.1) is 11.8 Å². The number of nitrogens with zero attached hydrogens (tertiary/aromatic N) is 1. The van der Waals surface area contributed by atoms with E-state index in [0.717, 1.165) is 30.8 Å². The van der Waals surface area contributed by atoms with E-state index in [1.807, 2.05) is 30.3 Å². The van der Waals surface area contributed by atoms with Gasteiger partial charge in [-0.3, -0.25) is 9.59 Å². The van der Waals surface area contributed by atoms with E-state index in [0.29, 0.717) is 29.7 Å². The van der Waals surface area contributed by atoms with E-state index in [1.165, 1.54) is 32.1 Å². The third-order valence-corrected chi connectivity index (χ3v) is 9.15. The quantitative estimate of drug-likeness (QED) is 0.328. The number of fused-ring (bicyclic) bond motifs is 1. The van der Waals surface area contributed by atoms with Crippen molar-refractivity contribution in [1.29, 1.82) is 0 Å². The lowest BCUT2D eigenvalue weighted by atomic mass is 9.64. The average Bonchev–Trinajstić information content (AvgIpc) is 3.69. The summed E-state index contributed by atoms with van der Waals surface area (Å²) in [6.45, 7) is 5.20. The van der Waals surface area contributed by atoms with Gasteiger partial charge >= 0.3 is 0 Å².